The smallest absolute Gasteiger partial charge is 0.238 e. The van der Waals surface area contributed by atoms with Gasteiger partial charge in [0.15, 0.2) is 11.5 Å². The number of ether oxygens (including phenoxy) is 3. The molecule has 21 heavy (non-hydrogen) atoms. The maximum Gasteiger partial charge on any atom is 0.238 e. The van der Waals surface area contributed by atoms with Crippen molar-refractivity contribution < 1.29 is 28.9 Å². The van der Waals surface area contributed by atoms with Crippen molar-refractivity contribution in [2.75, 3.05) is 21.3 Å². The molecule has 6 heteroatoms. The molecule has 1 N–H and O–H groups in total. The molecule has 112 valence electrons. The topological polar surface area (TPSA) is 82.1 Å². The molecular weight excluding hydrogens is 276 g/mol. The highest BCUT2D eigenvalue weighted by atomic mass is 16.5. The van der Waals surface area contributed by atoms with E-state index in [-0.39, 0.29) is 34.0 Å². The van der Waals surface area contributed by atoms with Crippen molar-refractivity contribution in [3.63, 3.8) is 0 Å². The number of allylic oxidation sites excluding steroid dienone is 1. The number of Topliss-reactive ketones (excluding diaryl/α,β-unsaturated/α-hetero) is 2. The Morgan fingerprint density at radius 2 is 1.29 bits per heavy atom. The van der Waals surface area contributed by atoms with E-state index in [1.807, 2.05) is 0 Å². The number of hydrogen-bond acceptors (Lipinski definition) is 6. The first kappa shape index (κ1) is 14.9. The fourth-order valence-electron chi connectivity index (χ4n) is 2.52. The SMILES string of the molecule is COc1c(C)c(OC)c2c(c1OC)C(=O)C(=O)C(C)=C2O. The summed E-state index contributed by atoms with van der Waals surface area (Å²) in [7, 11) is 4.20. The van der Waals surface area contributed by atoms with Crippen LogP contribution < -0.4 is 14.2 Å². The summed E-state index contributed by atoms with van der Waals surface area (Å²) in [6.45, 7) is 3.11. The summed E-state index contributed by atoms with van der Waals surface area (Å²) in [6.07, 6.45) is 0. The lowest BCUT2D eigenvalue weighted by atomic mass is 9.86. The van der Waals surface area contributed by atoms with E-state index in [9.17, 15) is 14.7 Å². The van der Waals surface area contributed by atoms with Crippen molar-refractivity contribution in [2.45, 2.75) is 13.8 Å². The van der Waals surface area contributed by atoms with Crippen LogP contribution in [0.3, 0.4) is 0 Å². The van der Waals surface area contributed by atoms with Crippen LogP contribution >= 0.6 is 0 Å². The molecule has 6 nitrogen and oxygen atoms in total. The molecule has 0 aromatic heterocycles. The van der Waals surface area contributed by atoms with Crippen molar-refractivity contribution in [1.29, 1.82) is 0 Å². The van der Waals surface area contributed by atoms with E-state index in [0.717, 1.165) is 0 Å². The Kier molecular flexibility index (Phi) is 3.63. The van der Waals surface area contributed by atoms with Crippen LogP contribution in [0.5, 0.6) is 17.2 Å². The highest BCUT2D eigenvalue weighted by Gasteiger charge is 2.38. The Balaban J connectivity index is 3.03. The van der Waals surface area contributed by atoms with Gasteiger partial charge in [-0.15, -0.1) is 0 Å². The molecule has 0 saturated carbocycles. The highest BCUT2D eigenvalue weighted by Crippen LogP contribution is 2.48. The number of ketones is 2. The molecule has 0 unspecified atom stereocenters. The van der Waals surface area contributed by atoms with Crippen molar-refractivity contribution in [2.24, 2.45) is 0 Å². The van der Waals surface area contributed by atoms with Crippen LogP contribution in [-0.4, -0.2) is 38.0 Å². The van der Waals surface area contributed by atoms with Crippen molar-refractivity contribution in [3.8, 4) is 17.2 Å². The summed E-state index contributed by atoms with van der Waals surface area (Å²) in [6, 6.07) is 0. The molecule has 0 aliphatic heterocycles. The van der Waals surface area contributed by atoms with Crippen molar-refractivity contribution >= 4 is 17.3 Å². The summed E-state index contributed by atoms with van der Waals surface area (Å²) in [5, 5.41) is 10.3. The minimum atomic E-state index is -0.772. The zero-order valence-corrected chi connectivity index (χ0v) is 12.5. The third-order valence-corrected chi connectivity index (χ3v) is 3.57. The second-order valence-electron chi connectivity index (χ2n) is 4.61. The number of fused-ring (bicyclic) bond motifs is 1. The van der Waals surface area contributed by atoms with Crippen molar-refractivity contribution in [1.82, 2.24) is 0 Å². The van der Waals surface area contributed by atoms with Gasteiger partial charge in [-0.3, -0.25) is 9.59 Å². The standard InChI is InChI=1S/C15H16O6/c1-6-10(16)8-9(12(18)11(6)17)15(21-5)14(20-4)7(2)13(8)19-3/h16H,1-5H3. The Labute approximate surface area is 121 Å². The van der Waals surface area contributed by atoms with Gasteiger partial charge in [0.25, 0.3) is 0 Å². The molecule has 0 amide bonds. The fraction of sp³-hybridized carbons (Fsp3) is 0.333. The predicted octanol–water partition coefficient (Wildman–Crippen LogP) is 2.08. The van der Waals surface area contributed by atoms with Crippen LogP contribution in [0.25, 0.3) is 5.76 Å². The molecule has 1 aromatic rings. The molecule has 0 spiro atoms. The van der Waals surface area contributed by atoms with Crippen LogP contribution in [0.15, 0.2) is 5.57 Å². The quantitative estimate of drug-likeness (QED) is 0.859. The second-order valence-corrected chi connectivity index (χ2v) is 4.61. The minimum absolute atomic E-state index is 0.0163. The average Bonchev–Trinajstić information content (AvgIpc) is 2.49. The van der Waals surface area contributed by atoms with E-state index < -0.39 is 11.6 Å². The lowest BCUT2D eigenvalue weighted by molar-refractivity contribution is -0.111. The predicted molar refractivity (Wildman–Crippen MR) is 75.4 cm³/mol. The van der Waals surface area contributed by atoms with Crippen molar-refractivity contribution in [3.05, 3.63) is 22.3 Å². The number of aliphatic hydroxyl groups excluding tert-OH is 1. The normalized spacial score (nSPS) is 14.1. The first-order valence-electron chi connectivity index (χ1n) is 6.22. The molecule has 0 heterocycles. The van der Waals surface area contributed by atoms with Gasteiger partial charge in [-0.25, -0.2) is 0 Å². The van der Waals surface area contributed by atoms with Crippen LogP contribution in [-0.2, 0) is 4.79 Å². The molecule has 0 saturated heterocycles. The number of carbonyl (C=O) groups is 2. The molecule has 1 aliphatic carbocycles. The lowest BCUT2D eigenvalue weighted by Gasteiger charge is -2.24. The van der Waals surface area contributed by atoms with E-state index in [0.29, 0.717) is 11.3 Å². The van der Waals surface area contributed by atoms with Gasteiger partial charge < -0.3 is 19.3 Å². The van der Waals surface area contributed by atoms with Gasteiger partial charge in [0.2, 0.25) is 11.6 Å². The average molecular weight is 292 g/mol. The van der Waals surface area contributed by atoms with Crippen LogP contribution in [0, 0.1) is 6.92 Å². The van der Waals surface area contributed by atoms with E-state index in [1.165, 1.54) is 28.3 Å². The molecule has 0 radical (unpaired) electrons. The molecule has 2 rings (SSSR count). The largest absolute Gasteiger partial charge is 0.507 e. The zero-order chi connectivity index (χ0) is 15.9. The highest BCUT2D eigenvalue weighted by molar-refractivity contribution is 6.52. The number of hydrogen-bond donors (Lipinski definition) is 1. The maximum absolute atomic E-state index is 12.3. The molecule has 0 bridgehead atoms. The number of methoxy groups -OCH3 is 3. The van der Waals surface area contributed by atoms with Crippen LogP contribution in [0.4, 0.5) is 0 Å². The summed E-state index contributed by atoms with van der Waals surface area (Å²) in [4.78, 5) is 24.3. The number of benzene rings is 1. The zero-order valence-electron chi connectivity index (χ0n) is 12.5. The van der Waals surface area contributed by atoms with Gasteiger partial charge in [-0.05, 0) is 13.8 Å². The van der Waals surface area contributed by atoms with Crippen LogP contribution in [0.2, 0.25) is 0 Å². The Hall–Kier alpha value is -2.50. The molecular formula is C15H16O6. The first-order chi connectivity index (χ1) is 9.90. The number of carbonyl (C=O) groups excluding carboxylic acids is 2. The fourth-order valence-corrected chi connectivity index (χ4v) is 2.52. The van der Waals surface area contributed by atoms with Gasteiger partial charge in [-0.2, -0.15) is 0 Å². The summed E-state index contributed by atoms with van der Waals surface area (Å²) >= 11 is 0. The minimum Gasteiger partial charge on any atom is -0.507 e. The lowest BCUT2D eigenvalue weighted by Crippen LogP contribution is -2.24. The Bertz CT molecular complexity index is 684. The van der Waals surface area contributed by atoms with Gasteiger partial charge in [-0.1, -0.05) is 0 Å². The van der Waals surface area contributed by atoms with E-state index >= 15 is 0 Å². The van der Waals surface area contributed by atoms with Gasteiger partial charge in [0.05, 0.1) is 32.5 Å². The van der Waals surface area contributed by atoms with E-state index in [1.54, 1.807) is 6.92 Å². The van der Waals surface area contributed by atoms with Gasteiger partial charge in [0, 0.05) is 11.1 Å². The van der Waals surface area contributed by atoms with Gasteiger partial charge >= 0.3 is 0 Å². The summed E-state index contributed by atoms with van der Waals surface area (Å²) in [5.41, 5.74) is 0.675. The Morgan fingerprint density at radius 1 is 0.762 bits per heavy atom. The first-order valence-corrected chi connectivity index (χ1v) is 6.22. The molecule has 0 fully saturated rings. The monoisotopic (exact) mass is 292 g/mol. The summed E-state index contributed by atoms with van der Waals surface area (Å²) in [5.74, 6) is -1.12. The third-order valence-electron chi connectivity index (χ3n) is 3.57. The van der Waals surface area contributed by atoms with E-state index in [4.69, 9.17) is 14.2 Å². The van der Waals surface area contributed by atoms with Crippen LogP contribution in [0.1, 0.15) is 28.4 Å². The second kappa shape index (κ2) is 5.12. The maximum atomic E-state index is 12.3. The number of rotatable bonds is 3. The van der Waals surface area contributed by atoms with E-state index in [2.05, 4.69) is 0 Å². The molecule has 1 aliphatic rings. The summed E-state index contributed by atoms with van der Waals surface area (Å²) < 4.78 is 15.8. The third kappa shape index (κ3) is 1.86. The molecule has 0 atom stereocenters. The van der Waals surface area contributed by atoms with Gasteiger partial charge in [0.1, 0.15) is 11.5 Å². The number of aliphatic hydroxyl groups is 1. The Morgan fingerprint density at radius 3 is 1.76 bits per heavy atom. The molecule has 1 aromatic carbocycles.